The molecule has 0 aliphatic heterocycles. The van der Waals surface area contributed by atoms with Crippen LogP contribution in [0.3, 0.4) is 0 Å². The first-order valence-corrected chi connectivity index (χ1v) is 34.2. The Hall–Kier alpha value is -1.71. The molecule has 9 heteroatoms. The van der Waals surface area contributed by atoms with Gasteiger partial charge in [-0.05, 0) is 12.8 Å². The molecule has 0 fully saturated rings. The molecule has 0 aromatic rings. The standard InChI is InChI=1S/C68H133NO8/c1-6-8-10-12-14-16-18-19-20-21-22-23-24-25-26-27-28-29-30-31-32-33-34-35-36-37-38-39-40-41-42-43-44-45-46-47-49-51-53-55-57-59-66(71)77-64(63-76-68(67(72)73)74-61-60-69(3,4)5)62-75-65(70)58-56-54-52-50-48-17-15-13-11-9-7-2/h64,68H,6-63H2,1-5H3. The summed E-state index contributed by atoms with van der Waals surface area (Å²) in [5, 5.41) is 11.8. The van der Waals surface area contributed by atoms with Crippen molar-refractivity contribution in [1.29, 1.82) is 0 Å². The van der Waals surface area contributed by atoms with Gasteiger partial charge in [-0.25, -0.2) is 0 Å². The Morgan fingerprint density at radius 2 is 0.584 bits per heavy atom. The van der Waals surface area contributed by atoms with Gasteiger partial charge in [0, 0.05) is 12.8 Å². The normalized spacial score (nSPS) is 12.6. The van der Waals surface area contributed by atoms with Crippen molar-refractivity contribution >= 4 is 17.9 Å². The lowest BCUT2D eigenvalue weighted by Gasteiger charge is -2.26. The highest BCUT2D eigenvalue weighted by atomic mass is 16.7. The largest absolute Gasteiger partial charge is 0.545 e. The molecular formula is C68H133NO8. The second-order valence-corrected chi connectivity index (χ2v) is 24.8. The summed E-state index contributed by atoms with van der Waals surface area (Å²) in [5.74, 6) is -2.25. The van der Waals surface area contributed by atoms with Crippen molar-refractivity contribution in [3.63, 3.8) is 0 Å². The van der Waals surface area contributed by atoms with Gasteiger partial charge in [-0.15, -0.1) is 0 Å². The zero-order valence-electron chi connectivity index (χ0n) is 52.4. The van der Waals surface area contributed by atoms with E-state index in [2.05, 4.69) is 13.8 Å². The highest BCUT2D eigenvalue weighted by molar-refractivity contribution is 5.70. The van der Waals surface area contributed by atoms with Crippen LogP contribution < -0.4 is 5.11 Å². The molecule has 0 aliphatic rings. The average molecular weight is 1090 g/mol. The third-order valence-corrected chi connectivity index (χ3v) is 15.9. The minimum atomic E-state index is -1.61. The summed E-state index contributed by atoms with van der Waals surface area (Å²) in [6, 6.07) is 0. The third kappa shape index (κ3) is 61.8. The number of ether oxygens (including phenoxy) is 4. The van der Waals surface area contributed by atoms with Crippen molar-refractivity contribution in [2.45, 2.75) is 373 Å². The Bertz CT molecular complexity index is 1220. The van der Waals surface area contributed by atoms with Crippen molar-refractivity contribution in [1.82, 2.24) is 0 Å². The van der Waals surface area contributed by atoms with Crippen LogP contribution in [0.5, 0.6) is 0 Å². The zero-order valence-corrected chi connectivity index (χ0v) is 52.4. The van der Waals surface area contributed by atoms with Gasteiger partial charge >= 0.3 is 11.9 Å². The maximum absolute atomic E-state index is 12.9. The Labute approximate surface area is 479 Å². The molecule has 0 saturated carbocycles. The van der Waals surface area contributed by atoms with E-state index in [0.29, 0.717) is 17.4 Å². The van der Waals surface area contributed by atoms with E-state index in [4.69, 9.17) is 18.9 Å². The first-order valence-electron chi connectivity index (χ1n) is 34.2. The van der Waals surface area contributed by atoms with Crippen LogP contribution in [0.4, 0.5) is 0 Å². The van der Waals surface area contributed by atoms with Crippen molar-refractivity contribution in [3.8, 4) is 0 Å². The second-order valence-electron chi connectivity index (χ2n) is 24.8. The van der Waals surface area contributed by atoms with E-state index in [0.717, 1.165) is 38.5 Å². The van der Waals surface area contributed by atoms with E-state index in [1.54, 1.807) is 0 Å². The van der Waals surface area contributed by atoms with Crippen LogP contribution in [0.1, 0.15) is 361 Å². The number of aliphatic carboxylic acids is 1. The summed E-state index contributed by atoms with van der Waals surface area (Å²) in [5.41, 5.74) is 0. The van der Waals surface area contributed by atoms with Crippen molar-refractivity contribution < 1.29 is 42.9 Å². The number of hydrogen-bond donors (Lipinski definition) is 0. The Morgan fingerprint density at radius 1 is 0.338 bits per heavy atom. The summed E-state index contributed by atoms with van der Waals surface area (Å²) in [6.45, 7) is 4.80. The summed E-state index contributed by atoms with van der Waals surface area (Å²) in [4.78, 5) is 37.2. The Kier molecular flexibility index (Phi) is 59.0. The minimum absolute atomic E-state index is 0.153. The van der Waals surface area contributed by atoms with E-state index in [1.807, 2.05) is 21.1 Å². The number of carbonyl (C=O) groups is 3. The molecule has 9 nitrogen and oxygen atoms in total. The van der Waals surface area contributed by atoms with Gasteiger partial charge in [-0.2, -0.15) is 0 Å². The number of carboxylic acids is 1. The fraction of sp³-hybridized carbons (Fsp3) is 0.956. The van der Waals surface area contributed by atoms with Crippen LogP contribution in [0, 0.1) is 0 Å². The molecule has 2 unspecified atom stereocenters. The lowest BCUT2D eigenvalue weighted by molar-refractivity contribution is -0.870. The predicted molar refractivity (Wildman–Crippen MR) is 325 cm³/mol. The molecule has 0 amide bonds. The van der Waals surface area contributed by atoms with Crippen LogP contribution in [-0.4, -0.2) is 82.3 Å². The number of likely N-dealkylation sites (N-methyl/N-ethyl adjacent to an activating group) is 1. The first kappa shape index (κ1) is 75.3. The maximum atomic E-state index is 12.9. The van der Waals surface area contributed by atoms with Gasteiger partial charge in [-0.3, -0.25) is 9.59 Å². The van der Waals surface area contributed by atoms with Gasteiger partial charge in [0.25, 0.3) is 0 Å². The van der Waals surface area contributed by atoms with Crippen molar-refractivity contribution in [2.75, 3.05) is 47.5 Å². The molecule has 77 heavy (non-hydrogen) atoms. The molecule has 0 aromatic carbocycles. The van der Waals surface area contributed by atoms with Crippen LogP contribution in [0.15, 0.2) is 0 Å². The summed E-state index contributed by atoms with van der Waals surface area (Å²) in [6.07, 6.45) is 68.0. The highest BCUT2D eigenvalue weighted by Crippen LogP contribution is 2.19. The van der Waals surface area contributed by atoms with Crippen LogP contribution in [0.2, 0.25) is 0 Å². The molecule has 0 spiro atoms. The van der Waals surface area contributed by atoms with E-state index in [9.17, 15) is 19.5 Å². The minimum Gasteiger partial charge on any atom is -0.545 e. The maximum Gasteiger partial charge on any atom is 0.306 e. The number of esters is 2. The Morgan fingerprint density at radius 3 is 0.831 bits per heavy atom. The molecular weight excluding hydrogens is 959 g/mol. The van der Waals surface area contributed by atoms with E-state index < -0.39 is 24.3 Å². The first-order chi connectivity index (χ1) is 37.6. The van der Waals surface area contributed by atoms with Gasteiger partial charge in [-0.1, -0.05) is 335 Å². The molecule has 0 bridgehead atoms. The number of quaternary nitrogens is 1. The molecule has 0 N–H and O–H groups in total. The fourth-order valence-electron chi connectivity index (χ4n) is 10.6. The molecule has 0 saturated heterocycles. The number of carboxylic acid groups (broad SMARTS) is 1. The second kappa shape index (κ2) is 60.4. The fourth-order valence-corrected chi connectivity index (χ4v) is 10.6. The van der Waals surface area contributed by atoms with E-state index in [1.165, 1.54) is 295 Å². The van der Waals surface area contributed by atoms with Gasteiger partial charge in [0.1, 0.15) is 13.2 Å². The van der Waals surface area contributed by atoms with E-state index in [-0.39, 0.29) is 32.2 Å². The van der Waals surface area contributed by atoms with E-state index >= 15 is 0 Å². The molecule has 0 aliphatic carbocycles. The predicted octanol–water partition coefficient (Wildman–Crippen LogP) is 19.4. The average Bonchev–Trinajstić information content (AvgIpc) is 3.40. The van der Waals surface area contributed by atoms with Gasteiger partial charge < -0.3 is 33.3 Å². The Balaban J connectivity index is 3.80. The lowest BCUT2D eigenvalue weighted by Crippen LogP contribution is -2.44. The number of nitrogens with zero attached hydrogens (tertiary/aromatic N) is 1. The number of rotatable bonds is 65. The number of hydrogen-bond acceptors (Lipinski definition) is 8. The van der Waals surface area contributed by atoms with Gasteiger partial charge in [0.2, 0.25) is 0 Å². The third-order valence-electron chi connectivity index (χ3n) is 15.9. The van der Waals surface area contributed by atoms with Crippen molar-refractivity contribution in [2.24, 2.45) is 0 Å². The van der Waals surface area contributed by atoms with Crippen LogP contribution >= 0.6 is 0 Å². The summed E-state index contributed by atoms with van der Waals surface area (Å²) < 4.78 is 22.7. The molecule has 0 heterocycles. The summed E-state index contributed by atoms with van der Waals surface area (Å²) >= 11 is 0. The van der Waals surface area contributed by atoms with Crippen LogP contribution in [0.25, 0.3) is 0 Å². The molecule has 0 aromatic heterocycles. The van der Waals surface area contributed by atoms with Crippen molar-refractivity contribution in [3.05, 3.63) is 0 Å². The topological polar surface area (TPSA) is 111 Å². The smallest absolute Gasteiger partial charge is 0.306 e. The van der Waals surface area contributed by atoms with Crippen LogP contribution in [-0.2, 0) is 33.3 Å². The summed E-state index contributed by atoms with van der Waals surface area (Å²) in [7, 11) is 5.94. The quantitative estimate of drug-likeness (QED) is 0.0256. The highest BCUT2D eigenvalue weighted by Gasteiger charge is 2.22. The van der Waals surface area contributed by atoms with Gasteiger partial charge in [0.05, 0.1) is 40.3 Å². The molecule has 0 rings (SSSR count). The molecule has 2 atom stereocenters. The number of carbonyl (C=O) groups excluding carboxylic acids is 3. The molecule has 458 valence electrons. The zero-order chi connectivity index (χ0) is 56.2. The SMILES string of the molecule is CCCCCCCCCCCCCCCCCCCCCCCCCCCCCCCCCCCCCCCCCCCC(=O)OC(COC(=O)CCCCCCCCCCCCC)COC(OCC[N+](C)(C)C)C(=O)[O-]. The molecule has 0 radical (unpaired) electrons. The van der Waals surface area contributed by atoms with Gasteiger partial charge in [0.15, 0.2) is 12.4 Å². The lowest BCUT2D eigenvalue weighted by atomic mass is 10.0. The number of unbranched alkanes of at least 4 members (excludes halogenated alkanes) is 50. The monoisotopic (exact) mass is 1090 g/mol.